The monoisotopic (exact) mass is 296 g/mol. The van der Waals surface area contributed by atoms with E-state index in [0.717, 1.165) is 38.5 Å². The van der Waals surface area contributed by atoms with Crippen LogP contribution in [-0.2, 0) is 9.59 Å². The van der Waals surface area contributed by atoms with Crippen LogP contribution in [0.15, 0.2) is 0 Å². The second-order valence-corrected chi connectivity index (χ2v) is 6.27. The Bertz CT molecular complexity index is 349. The maximum Gasteiger partial charge on any atom is 0.224 e. The smallest absolute Gasteiger partial charge is 0.224 e. The second kappa shape index (κ2) is 8.37. The van der Waals surface area contributed by atoms with Crippen LogP contribution < -0.4 is 5.32 Å². The summed E-state index contributed by atoms with van der Waals surface area (Å²) in [6.45, 7) is 1.20. The number of amides is 2. The van der Waals surface area contributed by atoms with Crippen molar-refractivity contribution in [1.29, 1.82) is 0 Å². The Balaban J connectivity index is 1.69. The van der Waals surface area contributed by atoms with Gasteiger partial charge in [0, 0.05) is 38.1 Å². The molecule has 5 nitrogen and oxygen atoms in total. The number of carbonyl (C=O) groups is 2. The van der Waals surface area contributed by atoms with Crippen molar-refractivity contribution in [2.24, 2.45) is 5.92 Å². The molecule has 2 aliphatic carbocycles. The second-order valence-electron chi connectivity index (χ2n) is 6.27. The number of hydrogen-bond donors (Lipinski definition) is 2. The molecule has 2 aliphatic rings. The van der Waals surface area contributed by atoms with Gasteiger partial charge < -0.3 is 15.3 Å². The molecule has 2 saturated carbocycles. The van der Waals surface area contributed by atoms with E-state index in [-0.39, 0.29) is 24.3 Å². The molecule has 2 N–H and O–H groups in total. The molecule has 0 aromatic heterocycles. The number of rotatable bonds is 8. The van der Waals surface area contributed by atoms with Gasteiger partial charge in [-0.15, -0.1) is 0 Å². The zero-order valence-corrected chi connectivity index (χ0v) is 12.9. The molecule has 2 amide bonds. The van der Waals surface area contributed by atoms with E-state index in [1.807, 2.05) is 4.90 Å². The molecule has 2 fully saturated rings. The number of hydrogen-bond acceptors (Lipinski definition) is 3. The van der Waals surface area contributed by atoms with E-state index in [0.29, 0.717) is 32.0 Å². The van der Waals surface area contributed by atoms with Crippen molar-refractivity contribution in [2.45, 2.75) is 63.8 Å². The van der Waals surface area contributed by atoms with Gasteiger partial charge in [0.2, 0.25) is 11.8 Å². The number of carbonyl (C=O) groups excluding carboxylic acids is 2. The van der Waals surface area contributed by atoms with Crippen LogP contribution in [0.2, 0.25) is 0 Å². The minimum Gasteiger partial charge on any atom is -0.396 e. The van der Waals surface area contributed by atoms with Gasteiger partial charge in [0.1, 0.15) is 0 Å². The van der Waals surface area contributed by atoms with Gasteiger partial charge >= 0.3 is 0 Å². The largest absolute Gasteiger partial charge is 0.396 e. The third-order valence-corrected chi connectivity index (χ3v) is 4.76. The number of nitrogens with one attached hydrogen (secondary N) is 1. The van der Waals surface area contributed by atoms with E-state index in [1.165, 1.54) is 6.42 Å². The van der Waals surface area contributed by atoms with Crippen LogP contribution in [0.25, 0.3) is 0 Å². The lowest BCUT2D eigenvalue weighted by Gasteiger charge is -2.37. The predicted octanol–water partition coefficient (Wildman–Crippen LogP) is 1.45. The average Bonchev–Trinajstić information content (AvgIpc) is 2.95. The van der Waals surface area contributed by atoms with Crippen molar-refractivity contribution in [1.82, 2.24) is 10.2 Å². The van der Waals surface area contributed by atoms with E-state index < -0.39 is 0 Å². The van der Waals surface area contributed by atoms with E-state index in [1.54, 1.807) is 0 Å². The quantitative estimate of drug-likeness (QED) is 0.712. The lowest BCUT2D eigenvalue weighted by molar-refractivity contribution is -0.135. The molecule has 0 radical (unpaired) electrons. The third kappa shape index (κ3) is 4.70. The van der Waals surface area contributed by atoms with Gasteiger partial charge in [-0.05, 0) is 38.5 Å². The summed E-state index contributed by atoms with van der Waals surface area (Å²) in [5, 5.41) is 11.9. The maximum atomic E-state index is 12.3. The zero-order valence-electron chi connectivity index (χ0n) is 12.9. The normalized spacial score (nSPS) is 19.3. The van der Waals surface area contributed by atoms with Crippen LogP contribution in [-0.4, -0.2) is 47.6 Å². The highest BCUT2D eigenvalue weighted by atomic mass is 16.3. The summed E-state index contributed by atoms with van der Waals surface area (Å²) in [5.41, 5.74) is 0. The first-order chi connectivity index (χ1) is 10.2. The zero-order chi connectivity index (χ0) is 15.1. The van der Waals surface area contributed by atoms with Gasteiger partial charge in [-0.1, -0.05) is 12.8 Å². The van der Waals surface area contributed by atoms with Crippen molar-refractivity contribution >= 4 is 11.8 Å². The maximum absolute atomic E-state index is 12.3. The minimum absolute atomic E-state index is 0.111. The number of aliphatic hydroxyl groups excluding tert-OH is 1. The molecular weight excluding hydrogens is 268 g/mol. The number of nitrogens with zero attached hydrogens (tertiary/aromatic N) is 1. The standard InChI is InChI=1S/C16H28N2O3/c19-12-4-11-18(14-7-3-8-14)15(20)9-10-17-16(21)13-5-1-2-6-13/h13-14,19H,1-12H2,(H,17,21). The fourth-order valence-electron chi connectivity index (χ4n) is 3.22. The van der Waals surface area contributed by atoms with Gasteiger partial charge in [0.25, 0.3) is 0 Å². The summed E-state index contributed by atoms with van der Waals surface area (Å²) in [7, 11) is 0. The molecule has 120 valence electrons. The Hall–Kier alpha value is -1.10. The fraction of sp³-hybridized carbons (Fsp3) is 0.875. The van der Waals surface area contributed by atoms with Crippen molar-refractivity contribution in [2.75, 3.05) is 19.7 Å². The summed E-state index contributed by atoms with van der Waals surface area (Å²) in [6, 6.07) is 0.356. The molecule has 0 saturated heterocycles. The van der Waals surface area contributed by atoms with E-state index in [4.69, 9.17) is 5.11 Å². The molecule has 0 aromatic carbocycles. The summed E-state index contributed by atoms with van der Waals surface area (Å²) in [5.74, 6) is 0.392. The average molecular weight is 296 g/mol. The van der Waals surface area contributed by atoms with Crippen molar-refractivity contribution < 1.29 is 14.7 Å². The van der Waals surface area contributed by atoms with Crippen molar-refractivity contribution in [3.63, 3.8) is 0 Å². The van der Waals surface area contributed by atoms with Gasteiger partial charge in [0.15, 0.2) is 0 Å². The Kier molecular flexibility index (Phi) is 6.49. The van der Waals surface area contributed by atoms with Crippen molar-refractivity contribution in [3.8, 4) is 0 Å². The first-order valence-corrected chi connectivity index (χ1v) is 8.40. The van der Waals surface area contributed by atoms with E-state index in [9.17, 15) is 9.59 Å². The van der Waals surface area contributed by atoms with Gasteiger partial charge in [0.05, 0.1) is 0 Å². The van der Waals surface area contributed by atoms with Gasteiger partial charge in [-0.25, -0.2) is 0 Å². The minimum atomic E-state index is 0.111. The van der Waals surface area contributed by atoms with Crippen LogP contribution in [0, 0.1) is 5.92 Å². The molecule has 0 bridgehead atoms. The topological polar surface area (TPSA) is 69.6 Å². The molecule has 0 aromatic rings. The Morgan fingerprint density at radius 2 is 1.81 bits per heavy atom. The molecule has 0 heterocycles. The van der Waals surface area contributed by atoms with Crippen LogP contribution >= 0.6 is 0 Å². The van der Waals surface area contributed by atoms with E-state index in [2.05, 4.69) is 5.32 Å². The molecular formula is C16H28N2O3. The predicted molar refractivity (Wildman–Crippen MR) is 80.6 cm³/mol. The SMILES string of the molecule is O=C(NCCC(=O)N(CCCO)C1CCC1)C1CCCC1. The third-order valence-electron chi connectivity index (χ3n) is 4.76. The molecule has 0 atom stereocenters. The number of aliphatic hydroxyl groups is 1. The Morgan fingerprint density at radius 1 is 1.10 bits per heavy atom. The highest BCUT2D eigenvalue weighted by Crippen LogP contribution is 2.26. The highest BCUT2D eigenvalue weighted by Gasteiger charge is 2.28. The highest BCUT2D eigenvalue weighted by molar-refractivity contribution is 5.80. The van der Waals surface area contributed by atoms with E-state index >= 15 is 0 Å². The van der Waals surface area contributed by atoms with Gasteiger partial charge in [-0.3, -0.25) is 9.59 Å². The summed E-state index contributed by atoms with van der Waals surface area (Å²) >= 11 is 0. The van der Waals surface area contributed by atoms with Gasteiger partial charge in [-0.2, -0.15) is 0 Å². The molecule has 0 aliphatic heterocycles. The summed E-state index contributed by atoms with van der Waals surface area (Å²) < 4.78 is 0. The lowest BCUT2D eigenvalue weighted by atomic mass is 9.91. The molecule has 5 heteroatoms. The first-order valence-electron chi connectivity index (χ1n) is 8.40. The molecule has 0 spiro atoms. The van der Waals surface area contributed by atoms with Crippen LogP contribution in [0.3, 0.4) is 0 Å². The fourth-order valence-corrected chi connectivity index (χ4v) is 3.22. The molecule has 2 rings (SSSR count). The first kappa shape index (κ1) is 16.3. The summed E-state index contributed by atoms with van der Waals surface area (Å²) in [4.78, 5) is 26.1. The van der Waals surface area contributed by atoms with Crippen LogP contribution in [0.1, 0.15) is 57.8 Å². The van der Waals surface area contributed by atoms with Crippen molar-refractivity contribution in [3.05, 3.63) is 0 Å². The van der Waals surface area contributed by atoms with Crippen LogP contribution in [0.5, 0.6) is 0 Å². The Morgan fingerprint density at radius 3 is 2.38 bits per heavy atom. The molecule has 0 unspecified atom stereocenters. The lowest BCUT2D eigenvalue weighted by Crippen LogP contribution is -2.46. The Labute approximate surface area is 127 Å². The molecule has 21 heavy (non-hydrogen) atoms. The van der Waals surface area contributed by atoms with Crippen LogP contribution in [0.4, 0.5) is 0 Å². The summed E-state index contributed by atoms with van der Waals surface area (Å²) in [6.07, 6.45) is 8.62.